The zero-order valence-electron chi connectivity index (χ0n) is 12.1. The molecule has 2 fully saturated rings. The molecule has 1 N–H and O–H groups in total. The van der Waals surface area contributed by atoms with E-state index < -0.39 is 35.9 Å². The molecule has 4 atom stereocenters. The van der Waals surface area contributed by atoms with Gasteiger partial charge in [0.2, 0.25) is 0 Å². The lowest BCUT2D eigenvalue weighted by Crippen LogP contribution is -2.44. The minimum Gasteiger partial charge on any atom is -0.394 e. The molecular weight excluding hydrogens is 266 g/mol. The van der Waals surface area contributed by atoms with Crippen LogP contribution in [0, 0.1) is 0 Å². The standard InChI is InChI=1S/C12H21N3O5/c1-11(2)17-6-8(19-11)9(14-15-13)10-7(5-16)18-12(3,4)20-10/h7-10,16H,5-6H2,1-4H3/t7-,8+,9+,10+/m0/s1. The van der Waals surface area contributed by atoms with Crippen molar-refractivity contribution in [3.05, 3.63) is 10.4 Å². The first-order chi connectivity index (χ1) is 9.28. The normalized spacial score (nSPS) is 36.5. The van der Waals surface area contributed by atoms with Crippen LogP contribution in [0.4, 0.5) is 0 Å². The Morgan fingerprint density at radius 1 is 1.25 bits per heavy atom. The topological polar surface area (TPSA) is 106 Å². The van der Waals surface area contributed by atoms with E-state index in [1.807, 2.05) is 0 Å². The lowest BCUT2D eigenvalue weighted by molar-refractivity contribution is -0.159. The maximum Gasteiger partial charge on any atom is 0.163 e. The van der Waals surface area contributed by atoms with Gasteiger partial charge in [0.15, 0.2) is 11.6 Å². The predicted molar refractivity (Wildman–Crippen MR) is 68.7 cm³/mol. The first-order valence-corrected chi connectivity index (χ1v) is 6.60. The monoisotopic (exact) mass is 287 g/mol. The molecule has 0 aromatic carbocycles. The summed E-state index contributed by atoms with van der Waals surface area (Å²) in [7, 11) is 0. The van der Waals surface area contributed by atoms with Crippen molar-refractivity contribution in [2.75, 3.05) is 13.2 Å². The van der Waals surface area contributed by atoms with Crippen LogP contribution in [-0.2, 0) is 18.9 Å². The second-order valence-corrected chi connectivity index (χ2v) is 5.88. The van der Waals surface area contributed by atoms with Crippen molar-refractivity contribution in [2.45, 2.75) is 63.6 Å². The Balaban J connectivity index is 2.18. The van der Waals surface area contributed by atoms with Gasteiger partial charge in [-0.25, -0.2) is 0 Å². The summed E-state index contributed by atoms with van der Waals surface area (Å²) < 4.78 is 22.6. The van der Waals surface area contributed by atoms with Gasteiger partial charge in [0, 0.05) is 4.91 Å². The quantitative estimate of drug-likeness (QED) is 0.477. The van der Waals surface area contributed by atoms with Crippen LogP contribution in [0.3, 0.4) is 0 Å². The minimum atomic E-state index is -0.837. The summed E-state index contributed by atoms with van der Waals surface area (Å²) in [5, 5.41) is 13.2. The molecule has 0 saturated carbocycles. The van der Waals surface area contributed by atoms with E-state index in [9.17, 15) is 5.11 Å². The van der Waals surface area contributed by atoms with Gasteiger partial charge in [-0.15, -0.1) is 0 Å². The van der Waals surface area contributed by atoms with E-state index in [4.69, 9.17) is 24.5 Å². The fourth-order valence-electron chi connectivity index (χ4n) is 2.59. The summed E-state index contributed by atoms with van der Waals surface area (Å²) in [4.78, 5) is 2.86. The molecular formula is C12H21N3O5. The molecule has 0 aromatic heterocycles. The van der Waals surface area contributed by atoms with Crippen LogP contribution in [-0.4, -0.2) is 54.2 Å². The van der Waals surface area contributed by atoms with Gasteiger partial charge in [0.25, 0.3) is 0 Å². The van der Waals surface area contributed by atoms with Crippen molar-refractivity contribution in [3.63, 3.8) is 0 Å². The molecule has 2 aliphatic rings. The highest BCUT2D eigenvalue weighted by molar-refractivity contribution is 4.96. The largest absolute Gasteiger partial charge is 0.394 e. The van der Waals surface area contributed by atoms with Gasteiger partial charge < -0.3 is 24.1 Å². The third kappa shape index (κ3) is 3.22. The van der Waals surface area contributed by atoms with E-state index in [0.717, 1.165) is 0 Å². The maximum atomic E-state index is 9.42. The first kappa shape index (κ1) is 15.5. The summed E-state index contributed by atoms with van der Waals surface area (Å²) in [5.41, 5.74) is 8.78. The lowest BCUT2D eigenvalue weighted by atomic mass is 10.0. The summed E-state index contributed by atoms with van der Waals surface area (Å²) in [6.45, 7) is 7.16. The average Bonchev–Trinajstić information content (AvgIpc) is 2.85. The number of rotatable bonds is 4. The van der Waals surface area contributed by atoms with Gasteiger partial charge in [-0.1, -0.05) is 5.11 Å². The Hall–Kier alpha value is -0.890. The number of nitrogens with zero attached hydrogens (tertiary/aromatic N) is 3. The zero-order valence-corrected chi connectivity index (χ0v) is 12.1. The number of aliphatic hydroxyl groups is 1. The Morgan fingerprint density at radius 2 is 1.95 bits per heavy atom. The molecule has 0 aromatic rings. The van der Waals surface area contributed by atoms with Crippen LogP contribution >= 0.6 is 0 Å². The molecule has 0 bridgehead atoms. The number of ether oxygens (including phenoxy) is 4. The van der Waals surface area contributed by atoms with Gasteiger partial charge in [0.05, 0.1) is 25.4 Å². The van der Waals surface area contributed by atoms with Crippen LogP contribution in [0.15, 0.2) is 5.11 Å². The third-order valence-electron chi connectivity index (χ3n) is 3.33. The molecule has 0 unspecified atom stereocenters. The molecule has 2 rings (SSSR count). The number of hydrogen-bond acceptors (Lipinski definition) is 6. The fraction of sp³-hybridized carbons (Fsp3) is 1.00. The summed E-state index contributed by atoms with van der Waals surface area (Å²) in [6, 6.07) is -0.624. The third-order valence-corrected chi connectivity index (χ3v) is 3.33. The van der Waals surface area contributed by atoms with Crippen LogP contribution in [0.1, 0.15) is 27.7 Å². The van der Waals surface area contributed by atoms with E-state index in [-0.39, 0.29) is 6.61 Å². The molecule has 0 spiro atoms. The van der Waals surface area contributed by atoms with Gasteiger partial charge >= 0.3 is 0 Å². The highest BCUT2D eigenvalue weighted by Gasteiger charge is 2.49. The Bertz CT molecular complexity index is 408. The van der Waals surface area contributed by atoms with E-state index in [1.54, 1.807) is 27.7 Å². The highest BCUT2D eigenvalue weighted by atomic mass is 16.8. The van der Waals surface area contributed by atoms with Crippen molar-refractivity contribution >= 4 is 0 Å². The molecule has 2 aliphatic heterocycles. The number of hydrogen-bond donors (Lipinski definition) is 1. The number of aliphatic hydroxyl groups excluding tert-OH is 1. The van der Waals surface area contributed by atoms with Crippen molar-refractivity contribution in [1.29, 1.82) is 0 Å². The van der Waals surface area contributed by atoms with Crippen LogP contribution in [0.5, 0.6) is 0 Å². The van der Waals surface area contributed by atoms with Crippen molar-refractivity contribution in [2.24, 2.45) is 5.11 Å². The molecule has 0 amide bonds. The second kappa shape index (κ2) is 5.48. The van der Waals surface area contributed by atoms with E-state index in [0.29, 0.717) is 6.61 Å². The van der Waals surface area contributed by atoms with E-state index in [2.05, 4.69) is 10.0 Å². The molecule has 0 radical (unpaired) electrons. The SMILES string of the molecule is CC1(C)O[C@@H]([C@H](N=[N+]=[N-])[C@H]2COC(C)(C)O2)[C@H](CO)O1. The van der Waals surface area contributed by atoms with E-state index >= 15 is 0 Å². The maximum absolute atomic E-state index is 9.42. The number of azide groups is 1. The average molecular weight is 287 g/mol. The molecule has 20 heavy (non-hydrogen) atoms. The second-order valence-electron chi connectivity index (χ2n) is 5.88. The predicted octanol–water partition coefficient (Wildman–Crippen LogP) is 1.33. The minimum absolute atomic E-state index is 0.220. The molecule has 2 heterocycles. The van der Waals surface area contributed by atoms with Crippen molar-refractivity contribution < 1.29 is 24.1 Å². The Labute approximate surface area is 117 Å². The summed E-state index contributed by atoms with van der Waals surface area (Å²) in [5.74, 6) is -1.56. The fourth-order valence-corrected chi connectivity index (χ4v) is 2.59. The summed E-state index contributed by atoms with van der Waals surface area (Å²) in [6.07, 6.45) is -1.57. The van der Waals surface area contributed by atoms with Crippen LogP contribution in [0.2, 0.25) is 0 Å². The van der Waals surface area contributed by atoms with Crippen LogP contribution < -0.4 is 0 Å². The highest BCUT2D eigenvalue weighted by Crippen LogP contribution is 2.35. The van der Waals surface area contributed by atoms with Gasteiger partial charge in [-0.2, -0.15) is 0 Å². The zero-order chi connectivity index (χ0) is 15.0. The van der Waals surface area contributed by atoms with Crippen molar-refractivity contribution in [1.82, 2.24) is 0 Å². The van der Waals surface area contributed by atoms with Gasteiger partial charge in [0.1, 0.15) is 12.2 Å². The van der Waals surface area contributed by atoms with Gasteiger partial charge in [-0.05, 0) is 33.2 Å². The molecule has 8 nitrogen and oxygen atoms in total. The Morgan fingerprint density at radius 3 is 2.45 bits per heavy atom. The lowest BCUT2D eigenvalue weighted by Gasteiger charge is -2.27. The molecule has 0 aliphatic carbocycles. The summed E-state index contributed by atoms with van der Waals surface area (Å²) >= 11 is 0. The molecule has 8 heteroatoms. The van der Waals surface area contributed by atoms with Crippen molar-refractivity contribution in [3.8, 4) is 0 Å². The molecule has 2 saturated heterocycles. The first-order valence-electron chi connectivity index (χ1n) is 6.60. The van der Waals surface area contributed by atoms with Gasteiger partial charge in [-0.3, -0.25) is 0 Å². The van der Waals surface area contributed by atoms with Crippen LogP contribution in [0.25, 0.3) is 10.4 Å². The smallest absolute Gasteiger partial charge is 0.163 e. The Kier molecular flexibility index (Phi) is 4.24. The van der Waals surface area contributed by atoms with E-state index in [1.165, 1.54) is 0 Å². The molecule has 114 valence electrons.